The first-order valence-corrected chi connectivity index (χ1v) is 16.1. The number of hydrogen-bond acceptors (Lipinski definition) is 5. The van der Waals surface area contributed by atoms with Crippen LogP contribution in [0.2, 0.25) is 0 Å². The molecule has 264 valence electrons. The van der Waals surface area contributed by atoms with Gasteiger partial charge in [0.1, 0.15) is 17.7 Å². The number of carbonyl (C=O) groups excluding carboxylic acids is 2. The molecule has 12 heteroatoms. The number of alkyl halides is 3. The second-order valence-corrected chi connectivity index (χ2v) is 12.7. The fourth-order valence-corrected chi connectivity index (χ4v) is 5.95. The largest absolute Gasteiger partial charge is 0.486 e. The zero-order valence-corrected chi connectivity index (χ0v) is 27.8. The number of carbonyl (C=O) groups is 2. The molecule has 1 aliphatic rings. The molecule has 2 amide bonds. The second-order valence-electron chi connectivity index (χ2n) is 12.7. The highest BCUT2D eigenvalue weighted by Crippen LogP contribution is 2.35. The number of halogens is 5. The highest BCUT2D eigenvalue weighted by Gasteiger charge is 2.35. The number of nitrogens with one attached hydrogen (secondary N) is 1. The Kier molecular flexibility index (Phi) is 11.2. The third-order valence-electron chi connectivity index (χ3n) is 8.75. The van der Waals surface area contributed by atoms with E-state index in [1.54, 1.807) is 42.2 Å². The summed E-state index contributed by atoms with van der Waals surface area (Å²) in [5.41, 5.74) is 1.81. The van der Waals surface area contributed by atoms with Crippen LogP contribution in [0.15, 0.2) is 84.9 Å². The lowest BCUT2D eigenvalue weighted by atomic mass is 9.98. The van der Waals surface area contributed by atoms with Crippen molar-refractivity contribution in [1.82, 2.24) is 9.80 Å². The topological polar surface area (TPSA) is 82.1 Å². The van der Waals surface area contributed by atoms with Crippen molar-refractivity contribution in [2.75, 3.05) is 32.1 Å². The maximum Gasteiger partial charge on any atom is 0.416 e. The molecule has 0 aliphatic carbocycles. The van der Waals surface area contributed by atoms with Gasteiger partial charge < -0.3 is 20.1 Å². The Balaban J connectivity index is 1.36. The van der Waals surface area contributed by atoms with Gasteiger partial charge in [-0.05, 0) is 67.1 Å². The molecule has 0 spiro atoms. The monoisotopic (exact) mass is 695 g/mol. The summed E-state index contributed by atoms with van der Waals surface area (Å²) in [6.45, 7) is 4.60. The number of nitrogens with zero attached hydrogens (tertiary/aromatic N) is 2. The Morgan fingerprint density at radius 2 is 1.68 bits per heavy atom. The van der Waals surface area contributed by atoms with Gasteiger partial charge in [-0.15, -0.1) is 0 Å². The maximum atomic E-state index is 14.3. The van der Waals surface area contributed by atoms with E-state index in [9.17, 15) is 36.6 Å². The van der Waals surface area contributed by atoms with Gasteiger partial charge >= 0.3 is 6.18 Å². The summed E-state index contributed by atoms with van der Waals surface area (Å²) in [5.74, 6) is -2.25. The van der Waals surface area contributed by atoms with Crippen molar-refractivity contribution >= 4 is 17.5 Å². The molecule has 0 radical (unpaired) electrons. The highest BCUT2D eigenvalue weighted by atomic mass is 19.4. The summed E-state index contributed by atoms with van der Waals surface area (Å²) in [6.07, 6.45) is -5.19. The molecule has 5 rings (SSSR count). The second kappa shape index (κ2) is 15.4. The van der Waals surface area contributed by atoms with Gasteiger partial charge in [0, 0.05) is 37.2 Å². The van der Waals surface area contributed by atoms with Gasteiger partial charge in [0.2, 0.25) is 5.91 Å². The zero-order valence-electron chi connectivity index (χ0n) is 27.8. The quantitative estimate of drug-likeness (QED) is 0.172. The van der Waals surface area contributed by atoms with Crippen molar-refractivity contribution in [2.45, 2.75) is 45.1 Å². The molecule has 3 atom stereocenters. The summed E-state index contributed by atoms with van der Waals surface area (Å²) in [4.78, 5) is 30.5. The summed E-state index contributed by atoms with van der Waals surface area (Å²) in [5, 5.41) is 12.8. The molecule has 50 heavy (non-hydrogen) atoms. The number of anilines is 1. The van der Waals surface area contributed by atoms with Crippen LogP contribution in [-0.2, 0) is 23.9 Å². The number of fused-ring (bicyclic) bond motifs is 1. The van der Waals surface area contributed by atoms with Crippen molar-refractivity contribution < 1.29 is 41.4 Å². The molecule has 0 unspecified atom stereocenters. The number of ether oxygens (including phenoxy) is 1. The van der Waals surface area contributed by atoms with Gasteiger partial charge in [0.15, 0.2) is 5.75 Å². The van der Waals surface area contributed by atoms with E-state index >= 15 is 0 Å². The van der Waals surface area contributed by atoms with E-state index in [0.717, 1.165) is 23.8 Å². The fourth-order valence-electron chi connectivity index (χ4n) is 5.95. The molecule has 0 saturated heterocycles. The van der Waals surface area contributed by atoms with Gasteiger partial charge in [-0.3, -0.25) is 14.5 Å². The Morgan fingerprint density at radius 1 is 1.00 bits per heavy atom. The van der Waals surface area contributed by atoms with E-state index < -0.39 is 41.4 Å². The SMILES string of the molecule is C[C@@H]1CN([C@@H](C)CO)C(=O)c2cccc(NC(=O)Cc3ccc(C(F)(F)F)cc3)c2O[C@@H]1CN(C)Cc1ccc(-c2ccc(F)cc2F)cc1. The smallest absolute Gasteiger partial charge is 0.416 e. The molecule has 1 heterocycles. The molecule has 2 N–H and O–H groups in total. The van der Waals surface area contributed by atoms with Gasteiger partial charge in [-0.2, -0.15) is 13.2 Å². The van der Waals surface area contributed by atoms with Gasteiger partial charge in [0.05, 0.1) is 35.9 Å². The minimum Gasteiger partial charge on any atom is -0.486 e. The van der Waals surface area contributed by atoms with E-state index in [1.165, 1.54) is 24.3 Å². The Labute approximate surface area is 287 Å². The van der Waals surface area contributed by atoms with Crippen molar-refractivity contribution in [3.63, 3.8) is 0 Å². The first kappa shape index (κ1) is 36.5. The molecular formula is C38H38F5N3O4. The minimum absolute atomic E-state index is 0.157. The van der Waals surface area contributed by atoms with Crippen molar-refractivity contribution in [1.29, 1.82) is 0 Å². The van der Waals surface area contributed by atoms with E-state index in [-0.39, 0.29) is 41.9 Å². The summed E-state index contributed by atoms with van der Waals surface area (Å²) < 4.78 is 73.3. The number of hydrogen-bond donors (Lipinski definition) is 2. The molecule has 0 aromatic heterocycles. The molecule has 0 fully saturated rings. The van der Waals surface area contributed by atoms with Crippen LogP contribution in [0, 0.1) is 17.6 Å². The maximum absolute atomic E-state index is 14.3. The summed E-state index contributed by atoms with van der Waals surface area (Å²) in [6, 6.07) is 19.3. The van der Waals surface area contributed by atoms with Crippen LogP contribution < -0.4 is 10.1 Å². The Morgan fingerprint density at radius 3 is 2.32 bits per heavy atom. The van der Waals surface area contributed by atoms with Crippen molar-refractivity contribution in [3.05, 3.63) is 119 Å². The Hall–Kier alpha value is -4.81. The zero-order chi connectivity index (χ0) is 36.2. The average Bonchev–Trinajstić information content (AvgIpc) is 3.06. The fraction of sp³-hybridized carbons (Fsp3) is 0.316. The lowest BCUT2D eigenvalue weighted by Gasteiger charge is -2.38. The molecular weight excluding hydrogens is 657 g/mol. The number of para-hydroxylation sites is 1. The lowest BCUT2D eigenvalue weighted by Crippen LogP contribution is -2.49. The van der Waals surface area contributed by atoms with E-state index in [1.807, 2.05) is 31.0 Å². The van der Waals surface area contributed by atoms with Crippen LogP contribution in [0.3, 0.4) is 0 Å². The van der Waals surface area contributed by atoms with Crippen LogP contribution >= 0.6 is 0 Å². The number of rotatable bonds is 10. The minimum atomic E-state index is -4.50. The van der Waals surface area contributed by atoms with Crippen LogP contribution in [0.1, 0.15) is 40.9 Å². The van der Waals surface area contributed by atoms with E-state index in [4.69, 9.17) is 4.74 Å². The van der Waals surface area contributed by atoms with Crippen LogP contribution in [-0.4, -0.2) is 65.6 Å². The first-order valence-electron chi connectivity index (χ1n) is 16.1. The molecule has 4 aromatic carbocycles. The van der Waals surface area contributed by atoms with Gasteiger partial charge in [-0.1, -0.05) is 49.4 Å². The van der Waals surface area contributed by atoms with Crippen molar-refractivity contribution in [2.24, 2.45) is 5.92 Å². The van der Waals surface area contributed by atoms with Crippen LogP contribution in [0.4, 0.5) is 27.6 Å². The Bertz CT molecular complexity index is 1820. The summed E-state index contributed by atoms with van der Waals surface area (Å²) >= 11 is 0. The third kappa shape index (κ3) is 8.67. The van der Waals surface area contributed by atoms with Crippen molar-refractivity contribution in [3.8, 4) is 16.9 Å². The molecule has 1 aliphatic heterocycles. The molecule has 0 bridgehead atoms. The summed E-state index contributed by atoms with van der Waals surface area (Å²) in [7, 11) is 1.90. The number of benzene rings is 4. The average molecular weight is 696 g/mol. The number of amides is 2. The van der Waals surface area contributed by atoms with E-state index in [0.29, 0.717) is 36.3 Å². The predicted octanol–water partition coefficient (Wildman–Crippen LogP) is 7.18. The first-order chi connectivity index (χ1) is 23.7. The molecule has 4 aromatic rings. The van der Waals surface area contributed by atoms with E-state index in [2.05, 4.69) is 5.32 Å². The third-order valence-corrected chi connectivity index (χ3v) is 8.75. The normalized spacial score (nSPS) is 17.1. The highest BCUT2D eigenvalue weighted by molar-refractivity contribution is 6.02. The number of aliphatic hydroxyl groups excluding tert-OH is 1. The number of likely N-dealkylation sites (N-methyl/N-ethyl adjacent to an activating group) is 1. The van der Waals surface area contributed by atoms with Crippen LogP contribution in [0.5, 0.6) is 5.75 Å². The number of aliphatic hydroxyl groups is 1. The van der Waals surface area contributed by atoms with Gasteiger partial charge in [0.25, 0.3) is 5.91 Å². The predicted molar refractivity (Wildman–Crippen MR) is 180 cm³/mol. The lowest BCUT2D eigenvalue weighted by molar-refractivity contribution is -0.137. The van der Waals surface area contributed by atoms with Gasteiger partial charge in [-0.25, -0.2) is 8.78 Å². The molecule has 0 saturated carbocycles. The standard InChI is InChI=1S/C38H38F5N3O4/c1-23-19-46(24(2)22-47)37(49)31-5-4-6-33(44-35(48)17-25-9-13-28(14-10-25)38(41,42)43)36(31)50-34(23)21-45(3)20-26-7-11-27(12-8-26)30-16-15-29(39)18-32(30)40/h4-16,18,23-24,34,47H,17,19-22H2,1-3H3,(H,44,48)/t23-,24+,34-/m1/s1. The van der Waals surface area contributed by atoms with Crippen LogP contribution in [0.25, 0.3) is 11.1 Å². The molecule has 7 nitrogen and oxygen atoms in total.